The fraction of sp³-hybridized carbons (Fsp3) is 0.286. The number of fused-ring (bicyclic) bond motifs is 1. The van der Waals surface area contributed by atoms with Gasteiger partial charge in [-0.25, -0.2) is 8.78 Å². The summed E-state index contributed by atoms with van der Waals surface area (Å²) in [5.74, 6) is -1.29. The van der Waals surface area contributed by atoms with Crippen LogP contribution < -0.4 is 16.0 Å². The summed E-state index contributed by atoms with van der Waals surface area (Å²) in [5.41, 5.74) is 1.69. The minimum absolute atomic E-state index is 0.172. The number of nitrogens with zero attached hydrogens (tertiary/aromatic N) is 1. The van der Waals surface area contributed by atoms with Crippen LogP contribution in [0.5, 0.6) is 0 Å². The Labute approximate surface area is 167 Å². The highest BCUT2D eigenvalue weighted by atomic mass is 19.1. The maximum absolute atomic E-state index is 14.4. The third-order valence-electron chi connectivity index (χ3n) is 4.98. The molecule has 152 valence electrons. The first-order valence-electron chi connectivity index (χ1n) is 9.52. The van der Waals surface area contributed by atoms with Crippen molar-refractivity contribution >= 4 is 28.5 Å². The Morgan fingerprint density at radius 1 is 1.14 bits per heavy atom. The zero-order chi connectivity index (χ0) is 20.2. The van der Waals surface area contributed by atoms with E-state index in [1.807, 2.05) is 0 Å². The van der Waals surface area contributed by atoms with Gasteiger partial charge in [0.15, 0.2) is 0 Å². The Kier molecular flexibility index (Phi) is 5.73. The third kappa shape index (κ3) is 4.38. The van der Waals surface area contributed by atoms with E-state index in [9.17, 15) is 13.6 Å². The number of morpholine rings is 1. The Morgan fingerprint density at radius 2 is 1.97 bits per heavy atom. The number of hydrogen-bond donors (Lipinski definition) is 3. The van der Waals surface area contributed by atoms with Crippen LogP contribution in [0.3, 0.4) is 0 Å². The van der Waals surface area contributed by atoms with Crippen molar-refractivity contribution in [3.05, 3.63) is 59.8 Å². The summed E-state index contributed by atoms with van der Waals surface area (Å²) in [5, 5.41) is 8.59. The van der Waals surface area contributed by atoms with Gasteiger partial charge in [0.05, 0.1) is 30.2 Å². The Balaban J connectivity index is 1.39. The quantitative estimate of drug-likeness (QED) is 0.651. The van der Waals surface area contributed by atoms with Crippen molar-refractivity contribution in [3.63, 3.8) is 0 Å². The van der Waals surface area contributed by atoms with E-state index in [2.05, 4.69) is 20.9 Å². The molecule has 2 aliphatic rings. The summed E-state index contributed by atoms with van der Waals surface area (Å²) in [6.07, 6.45) is 1.39. The first-order chi connectivity index (χ1) is 14.1. The van der Waals surface area contributed by atoms with Crippen LogP contribution in [-0.4, -0.2) is 50.2 Å². The van der Waals surface area contributed by atoms with Gasteiger partial charge in [0.2, 0.25) is 0 Å². The van der Waals surface area contributed by atoms with Gasteiger partial charge in [0.1, 0.15) is 11.6 Å². The lowest BCUT2D eigenvalue weighted by molar-refractivity contribution is -0.110. The second-order valence-electron chi connectivity index (χ2n) is 6.89. The highest BCUT2D eigenvalue weighted by Crippen LogP contribution is 2.33. The van der Waals surface area contributed by atoms with Crippen molar-refractivity contribution in [3.8, 4) is 0 Å². The smallest absolute Gasteiger partial charge is 0.257 e. The molecule has 2 heterocycles. The summed E-state index contributed by atoms with van der Waals surface area (Å²) >= 11 is 0. The van der Waals surface area contributed by atoms with Crippen molar-refractivity contribution in [1.29, 1.82) is 0 Å². The maximum atomic E-state index is 14.4. The molecule has 0 radical (unpaired) electrons. The van der Waals surface area contributed by atoms with Gasteiger partial charge >= 0.3 is 0 Å². The summed E-state index contributed by atoms with van der Waals surface area (Å²) in [6.45, 7) is 4.68. The van der Waals surface area contributed by atoms with E-state index in [1.54, 1.807) is 18.2 Å². The SMILES string of the molecule is O=C1Nc2cccc(F)c2/C1=C\Nc1ccc(NCCN2CCOCC2)c(F)c1. The van der Waals surface area contributed by atoms with Crippen molar-refractivity contribution in [2.24, 2.45) is 0 Å². The van der Waals surface area contributed by atoms with Gasteiger partial charge in [-0.2, -0.15) is 0 Å². The number of carbonyl (C=O) groups is 1. The molecule has 2 aromatic rings. The number of halogens is 2. The van der Waals surface area contributed by atoms with Gasteiger partial charge in [0, 0.05) is 43.6 Å². The molecule has 8 heteroatoms. The third-order valence-corrected chi connectivity index (χ3v) is 4.98. The molecular formula is C21H22F2N4O2. The van der Waals surface area contributed by atoms with Crippen LogP contribution in [0, 0.1) is 11.6 Å². The first-order valence-corrected chi connectivity index (χ1v) is 9.52. The monoisotopic (exact) mass is 400 g/mol. The molecule has 0 bridgehead atoms. The van der Waals surface area contributed by atoms with Crippen LogP contribution >= 0.6 is 0 Å². The van der Waals surface area contributed by atoms with E-state index in [0.29, 0.717) is 23.6 Å². The molecular weight excluding hydrogens is 378 g/mol. The van der Waals surface area contributed by atoms with Crippen LogP contribution in [0.15, 0.2) is 42.6 Å². The van der Waals surface area contributed by atoms with Gasteiger partial charge in [-0.05, 0) is 30.3 Å². The molecule has 2 aliphatic heterocycles. The van der Waals surface area contributed by atoms with E-state index < -0.39 is 17.5 Å². The first kappa shape index (κ1) is 19.4. The number of benzene rings is 2. The molecule has 1 amide bonds. The number of carbonyl (C=O) groups excluding carboxylic acids is 1. The lowest BCUT2D eigenvalue weighted by Crippen LogP contribution is -2.39. The highest BCUT2D eigenvalue weighted by Gasteiger charge is 2.27. The van der Waals surface area contributed by atoms with Gasteiger partial charge < -0.3 is 20.7 Å². The second kappa shape index (κ2) is 8.59. The van der Waals surface area contributed by atoms with Gasteiger partial charge in [-0.15, -0.1) is 0 Å². The van der Waals surface area contributed by atoms with E-state index in [4.69, 9.17) is 4.74 Å². The van der Waals surface area contributed by atoms with E-state index in [-0.39, 0.29) is 11.1 Å². The second-order valence-corrected chi connectivity index (χ2v) is 6.89. The molecule has 3 N–H and O–H groups in total. The maximum Gasteiger partial charge on any atom is 0.257 e. The number of amides is 1. The number of ether oxygens (including phenoxy) is 1. The molecule has 0 unspecified atom stereocenters. The number of nitrogens with one attached hydrogen (secondary N) is 3. The molecule has 4 rings (SSSR count). The largest absolute Gasteiger partial charge is 0.381 e. The molecule has 1 saturated heterocycles. The Bertz CT molecular complexity index is 942. The van der Waals surface area contributed by atoms with Crippen LogP contribution in [-0.2, 0) is 9.53 Å². The normalized spacial score (nSPS) is 17.9. The van der Waals surface area contributed by atoms with Gasteiger partial charge in [0.25, 0.3) is 5.91 Å². The van der Waals surface area contributed by atoms with Crippen molar-refractivity contribution in [2.45, 2.75) is 0 Å². The van der Waals surface area contributed by atoms with Crippen molar-refractivity contribution in [2.75, 3.05) is 55.3 Å². The lowest BCUT2D eigenvalue weighted by Gasteiger charge is -2.26. The molecule has 0 atom stereocenters. The molecule has 6 nitrogen and oxygen atoms in total. The summed E-state index contributed by atoms with van der Waals surface area (Å²) in [6, 6.07) is 9.14. The van der Waals surface area contributed by atoms with Crippen LogP contribution in [0.25, 0.3) is 5.57 Å². The molecule has 0 aromatic heterocycles. The summed E-state index contributed by atoms with van der Waals surface area (Å²) in [4.78, 5) is 14.4. The van der Waals surface area contributed by atoms with E-state index >= 15 is 0 Å². The molecule has 29 heavy (non-hydrogen) atoms. The average Bonchev–Trinajstić information content (AvgIpc) is 3.05. The Hall–Kier alpha value is -2.97. The zero-order valence-corrected chi connectivity index (χ0v) is 15.8. The van der Waals surface area contributed by atoms with Crippen LogP contribution in [0.1, 0.15) is 5.56 Å². The number of hydrogen-bond acceptors (Lipinski definition) is 5. The standard InChI is InChI=1S/C21H22F2N4O2/c22-16-2-1-3-19-20(16)15(21(28)26-19)13-25-14-4-5-18(17(23)12-14)24-6-7-27-8-10-29-11-9-27/h1-5,12-13,24-25H,6-11H2,(H,26,28)/b15-13+. The summed E-state index contributed by atoms with van der Waals surface area (Å²) < 4.78 is 33.8. The topological polar surface area (TPSA) is 65.6 Å². The highest BCUT2D eigenvalue weighted by molar-refractivity contribution is 6.31. The van der Waals surface area contributed by atoms with E-state index in [0.717, 1.165) is 32.8 Å². The van der Waals surface area contributed by atoms with Crippen molar-refractivity contribution < 1.29 is 18.3 Å². The Morgan fingerprint density at radius 3 is 2.76 bits per heavy atom. The number of rotatable bonds is 6. The molecule has 0 saturated carbocycles. The van der Waals surface area contributed by atoms with Crippen molar-refractivity contribution in [1.82, 2.24) is 4.90 Å². The lowest BCUT2D eigenvalue weighted by atomic mass is 10.1. The molecule has 0 spiro atoms. The predicted octanol–water partition coefficient (Wildman–Crippen LogP) is 3.11. The van der Waals surface area contributed by atoms with Gasteiger partial charge in [-0.1, -0.05) is 6.07 Å². The fourth-order valence-corrected chi connectivity index (χ4v) is 3.42. The van der Waals surface area contributed by atoms with Crippen LogP contribution in [0.2, 0.25) is 0 Å². The molecule has 2 aromatic carbocycles. The number of anilines is 3. The minimum Gasteiger partial charge on any atom is -0.381 e. The predicted molar refractivity (Wildman–Crippen MR) is 109 cm³/mol. The van der Waals surface area contributed by atoms with E-state index in [1.165, 1.54) is 24.4 Å². The fourth-order valence-electron chi connectivity index (χ4n) is 3.42. The minimum atomic E-state index is -0.486. The van der Waals surface area contributed by atoms with Crippen LogP contribution in [0.4, 0.5) is 25.8 Å². The zero-order valence-electron chi connectivity index (χ0n) is 15.8. The average molecular weight is 400 g/mol. The molecule has 1 fully saturated rings. The summed E-state index contributed by atoms with van der Waals surface area (Å²) in [7, 11) is 0. The molecule has 0 aliphatic carbocycles. The van der Waals surface area contributed by atoms with Gasteiger partial charge in [-0.3, -0.25) is 9.69 Å².